The highest BCUT2D eigenvalue weighted by molar-refractivity contribution is 7.89. The Hall–Kier alpha value is -4.08. The van der Waals surface area contributed by atoms with Crippen molar-refractivity contribution in [2.75, 3.05) is 19.6 Å². The first-order valence-corrected chi connectivity index (χ1v) is 15.2. The molecule has 2 aromatic rings. The molecule has 15 heteroatoms. The standard InChI is InChI=1S/C28H41N7O7S/c1-19(2)17-35(43(41,42)22-12-10-21(11-13-22)16-32-40)18-25(36)24(15-20-7-4-3-5-8-20)33-26(37)23(34-28(38)39)9-6-14-31-27(29)30/h3-5,7-8,10-13,19,23-25,34,36H,6,9,14-18H2,1-2H3,(H,33,37)(H,38,39)(H4,29,30,31)/t23-,24-,25+/m0/s1. The van der Waals surface area contributed by atoms with Crippen molar-refractivity contribution in [2.24, 2.45) is 27.6 Å². The molecule has 3 atom stereocenters. The lowest BCUT2D eigenvalue weighted by Gasteiger charge is -2.31. The first kappa shape index (κ1) is 35.1. The molecular weight excluding hydrogens is 578 g/mol. The molecule has 0 bridgehead atoms. The van der Waals surface area contributed by atoms with Crippen LogP contribution in [0.15, 0.2) is 69.7 Å². The zero-order chi connectivity index (χ0) is 32.0. The highest BCUT2D eigenvalue weighted by atomic mass is 32.2. The lowest BCUT2D eigenvalue weighted by molar-refractivity contribution is -0.124. The van der Waals surface area contributed by atoms with E-state index in [1.54, 1.807) is 24.3 Å². The third-order valence-corrected chi connectivity index (χ3v) is 8.26. The number of benzene rings is 2. The maximum absolute atomic E-state index is 13.6. The second-order valence-electron chi connectivity index (χ2n) is 10.5. The maximum atomic E-state index is 13.6. The fourth-order valence-corrected chi connectivity index (χ4v) is 5.98. The number of aliphatic imine (C=N–C) groups is 1. The van der Waals surface area contributed by atoms with Crippen LogP contribution in [0, 0.1) is 10.8 Å². The maximum Gasteiger partial charge on any atom is 0.405 e. The molecule has 2 amide bonds. The van der Waals surface area contributed by atoms with Gasteiger partial charge in [0.05, 0.1) is 17.0 Å². The first-order valence-electron chi connectivity index (χ1n) is 13.8. The topological polar surface area (TPSA) is 230 Å². The van der Waals surface area contributed by atoms with Crippen LogP contribution in [0.3, 0.4) is 0 Å². The molecular formula is C28H41N7O7S. The molecule has 0 radical (unpaired) electrons. The SMILES string of the molecule is CC(C)CN(C[C@@H](O)[C@H](Cc1ccccc1)NC(=O)[C@H](CCCN=C(N)N)NC(=O)O)S(=O)(=O)c1ccc(CN=O)cc1. The Bertz CT molecular complexity index is 1320. The van der Waals surface area contributed by atoms with Gasteiger partial charge in [-0.05, 0) is 48.4 Å². The zero-order valence-corrected chi connectivity index (χ0v) is 25.1. The molecule has 0 spiro atoms. The van der Waals surface area contributed by atoms with E-state index in [4.69, 9.17) is 11.5 Å². The minimum Gasteiger partial charge on any atom is -0.465 e. The van der Waals surface area contributed by atoms with Gasteiger partial charge in [-0.2, -0.15) is 9.21 Å². The van der Waals surface area contributed by atoms with E-state index in [2.05, 4.69) is 20.8 Å². The zero-order valence-electron chi connectivity index (χ0n) is 24.3. The third kappa shape index (κ3) is 12.0. The summed E-state index contributed by atoms with van der Waals surface area (Å²) in [6.45, 7) is 3.48. The smallest absolute Gasteiger partial charge is 0.405 e. The number of aliphatic hydroxyl groups is 1. The number of hydrogen-bond donors (Lipinski definition) is 6. The van der Waals surface area contributed by atoms with Crippen molar-refractivity contribution in [3.63, 3.8) is 0 Å². The molecule has 0 heterocycles. The van der Waals surface area contributed by atoms with E-state index in [0.29, 0.717) is 12.0 Å². The molecule has 0 aromatic heterocycles. The number of carboxylic acid groups (broad SMARTS) is 1. The monoisotopic (exact) mass is 619 g/mol. The van der Waals surface area contributed by atoms with Crippen LogP contribution in [-0.2, 0) is 27.8 Å². The number of rotatable bonds is 18. The lowest BCUT2D eigenvalue weighted by atomic mass is 10.00. The molecule has 236 valence electrons. The lowest BCUT2D eigenvalue weighted by Crippen LogP contribution is -2.55. The number of carbonyl (C=O) groups excluding carboxylic acids is 1. The number of amides is 2. The van der Waals surface area contributed by atoms with Gasteiger partial charge in [0.2, 0.25) is 15.9 Å². The number of nitrogens with zero attached hydrogens (tertiary/aromatic N) is 3. The normalized spacial score (nSPS) is 13.6. The van der Waals surface area contributed by atoms with Gasteiger partial charge in [0.25, 0.3) is 0 Å². The third-order valence-electron chi connectivity index (χ3n) is 6.42. The van der Waals surface area contributed by atoms with E-state index >= 15 is 0 Å². The summed E-state index contributed by atoms with van der Waals surface area (Å²) in [6.07, 6.45) is -2.27. The quantitative estimate of drug-likeness (QED) is 0.0611. The molecule has 8 N–H and O–H groups in total. The minimum absolute atomic E-state index is 0.0230. The summed E-state index contributed by atoms with van der Waals surface area (Å²) < 4.78 is 28.4. The summed E-state index contributed by atoms with van der Waals surface area (Å²) in [7, 11) is -4.08. The van der Waals surface area contributed by atoms with Crippen LogP contribution >= 0.6 is 0 Å². The summed E-state index contributed by atoms with van der Waals surface area (Å²) in [5.41, 5.74) is 12.0. The van der Waals surface area contributed by atoms with Gasteiger partial charge in [-0.1, -0.05) is 61.5 Å². The second-order valence-corrected chi connectivity index (χ2v) is 12.4. The first-order chi connectivity index (χ1) is 20.3. The van der Waals surface area contributed by atoms with Crippen LogP contribution in [0.25, 0.3) is 0 Å². The van der Waals surface area contributed by atoms with Crippen molar-refractivity contribution in [1.82, 2.24) is 14.9 Å². The van der Waals surface area contributed by atoms with Crippen molar-refractivity contribution in [1.29, 1.82) is 0 Å². The molecule has 2 rings (SSSR count). The molecule has 0 saturated carbocycles. The number of nitroso groups, excluding NO2 is 1. The number of carbonyl (C=O) groups is 2. The predicted molar refractivity (Wildman–Crippen MR) is 162 cm³/mol. The van der Waals surface area contributed by atoms with E-state index in [9.17, 15) is 33.1 Å². The summed E-state index contributed by atoms with van der Waals surface area (Å²) in [5, 5.41) is 28.4. The molecule has 2 aromatic carbocycles. The van der Waals surface area contributed by atoms with Gasteiger partial charge in [0, 0.05) is 19.6 Å². The number of hydrogen-bond acceptors (Lipinski definition) is 8. The van der Waals surface area contributed by atoms with E-state index < -0.39 is 40.2 Å². The van der Waals surface area contributed by atoms with Crippen LogP contribution in [0.4, 0.5) is 4.79 Å². The molecule has 14 nitrogen and oxygen atoms in total. The molecule has 0 fully saturated rings. The fraction of sp³-hybridized carbons (Fsp3) is 0.464. The molecule has 0 unspecified atom stereocenters. The largest absolute Gasteiger partial charge is 0.465 e. The summed E-state index contributed by atoms with van der Waals surface area (Å²) in [4.78, 5) is 39.1. The van der Waals surface area contributed by atoms with Gasteiger partial charge in [0.1, 0.15) is 12.6 Å². The molecule has 0 aliphatic heterocycles. The highest BCUT2D eigenvalue weighted by Crippen LogP contribution is 2.20. The number of sulfonamides is 1. The predicted octanol–water partition coefficient (Wildman–Crippen LogP) is 1.38. The van der Waals surface area contributed by atoms with Gasteiger partial charge >= 0.3 is 6.09 Å². The Labute approximate surface area is 251 Å². The Morgan fingerprint density at radius 2 is 1.63 bits per heavy atom. The van der Waals surface area contributed by atoms with Crippen molar-refractivity contribution < 1.29 is 28.2 Å². The summed E-state index contributed by atoms with van der Waals surface area (Å²) >= 11 is 0. The van der Waals surface area contributed by atoms with E-state index in [-0.39, 0.29) is 55.8 Å². The van der Waals surface area contributed by atoms with Crippen LogP contribution in [-0.4, -0.2) is 78.7 Å². The van der Waals surface area contributed by atoms with E-state index in [1.807, 2.05) is 19.9 Å². The average molecular weight is 620 g/mol. The Morgan fingerprint density at radius 3 is 2.19 bits per heavy atom. The van der Waals surface area contributed by atoms with Crippen LogP contribution in [0.1, 0.15) is 37.8 Å². The summed E-state index contributed by atoms with van der Waals surface area (Å²) in [6, 6.07) is 12.6. The average Bonchev–Trinajstić information content (AvgIpc) is 2.94. The molecule has 0 saturated heterocycles. The van der Waals surface area contributed by atoms with Crippen LogP contribution in [0.2, 0.25) is 0 Å². The molecule has 0 aliphatic rings. The number of aliphatic hydroxyl groups excluding tert-OH is 1. The minimum atomic E-state index is -4.08. The van der Waals surface area contributed by atoms with Crippen LogP contribution in [0.5, 0.6) is 0 Å². The number of nitrogens with two attached hydrogens (primary N) is 2. The van der Waals surface area contributed by atoms with Gasteiger partial charge in [-0.3, -0.25) is 9.79 Å². The van der Waals surface area contributed by atoms with Crippen molar-refractivity contribution in [3.05, 3.63) is 70.6 Å². The van der Waals surface area contributed by atoms with Crippen molar-refractivity contribution >= 4 is 28.0 Å². The summed E-state index contributed by atoms with van der Waals surface area (Å²) in [5.74, 6) is -0.921. The second kappa shape index (κ2) is 17.1. The highest BCUT2D eigenvalue weighted by Gasteiger charge is 2.32. The van der Waals surface area contributed by atoms with E-state index in [1.165, 1.54) is 24.3 Å². The van der Waals surface area contributed by atoms with Crippen molar-refractivity contribution in [2.45, 2.75) is 62.7 Å². The van der Waals surface area contributed by atoms with Gasteiger partial charge in [-0.25, -0.2) is 13.2 Å². The number of nitrogens with one attached hydrogen (secondary N) is 2. The van der Waals surface area contributed by atoms with Crippen LogP contribution < -0.4 is 22.1 Å². The molecule has 0 aliphatic carbocycles. The fourth-order valence-electron chi connectivity index (χ4n) is 4.36. The van der Waals surface area contributed by atoms with Gasteiger partial charge in [0.15, 0.2) is 5.96 Å². The number of guanidine groups is 1. The molecule has 43 heavy (non-hydrogen) atoms. The van der Waals surface area contributed by atoms with Crippen molar-refractivity contribution in [3.8, 4) is 0 Å². The van der Waals surface area contributed by atoms with Gasteiger partial charge < -0.3 is 32.3 Å². The van der Waals surface area contributed by atoms with E-state index in [0.717, 1.165) is 9.87 Å². The van der Waals surface area contributed by atoms with Gasteiger partial charge in [-0.15, -0.1) is 0 Å². The Balaban J connectivity index is 2.34. The Kier molecular flexibility index (Phi) is 14.0. The Morgan fingerprint density at radius 1 is 0.977 bits per heavy atom.